The number of aryl methyl sites for hydroxylation is 1. The van der Waals surface area contributed by atoms with Crippen LogP contribution in [0.3, 0.4) is 0 Å². The van der Waals surface area contributed by atoms with Crippen LogP contribution in [0.15, 0.2) is 89.7 Å². The summed E-state index contributed by atoms with van der Waals surface area (Å²) < 4.78 is 8.72. The van der Waals surface area contributed by atoms with Crippen LogP contribution in [0.5, 0.6) is 0 Å². The number of hydrogen-bond donors (Lipinski definition) is 1. The summed E-state index contributed by atoms with van der Waals surface area (Å²) in [6.45, 7) is -0.186. The zero-order chi connectivity index (χ0) is 25.1. The van der Waals surface area contributed by atoms with Crippen LogP contribution in [0.2, 0.25) is 0 Å². The van der Waals surface area contributed by atoms with E-state index in [0.29, 0.717) is 28.1 Å². The average Bonchev–Trinajstić information content (AvgIpc) is 3.35. The molecule has 5 aromatic rings. The number of fused-ring (bicyclic) bond motifs is 3. The summed E-state index contributed by atoms with van der Waals surface area (Å²) in [6, 6.07) is 24.3. The fraction of sp³-hybridized carbons (Fsp3) is 0.148. The van der Waals surface area contributed by atoms with Gasteiger partial charge in [0.15, 0.2) is 12.4 Å². The summed E-state index contributed by atoms with van der Waals surface area (Å²) in [5.74, 6) is -0.280. The maximum atomic E-state index is 13.2. The van der Waals surface area contributed by atoms with E-state index in [0.717, 1.165) is 5.56 Å². The maximum Gasteiger partial charge on any atom is 0.329 e. The van der Waals surface area contributed by atoms with Gasteiger partial charge in [-0.3, -0.25) is 18.6 Å². The summed E-state index contributed by atoms with van der Waals surface area (Å²) >= 11 is 0. The van der Waals surface area contributed by atoms with Crippen molar-refractivity contribution in [2.75, 3.05) is 0 Å². The van der Waals surface area contributed by atoms with Gasteiger partial charge in [-0.15, -0.1) is 10.2 Å². The molecule has 0 aliphatic rings. The molecule has 1 unspecified atom stereocenters. The fourth-order valence-electron chi connectivity index (χ4n) is 4.10. The van der Waals surface area contributed by atoms with Crippen LogP contribution < -0.4 is 10.9 Å². The number of nitrogens with one attached hydrogen (secondary N) is 1. The van der Waals surface area contributed by atoms with Gasteiger partial charge in [-0.2, -0.15) is 0 Å². The first kappa shape index (κ1) is 23.0. The van der Waals surface area contributed by atoms with Gasteiger partial charge < -0.3 is 10.1 Å². The number of para-hydroxylation sites is 1. The Morgan fingerprint density at radius 3 is 2.33 bits per heavy atom. The molecule has 9 heteroatoms. The fourth-order valence-corrected chi connectivity index (χ4v) is 4.10. The molecule has 0 fully saturated rings. The highest BCUT2D eigenvalue weighted by Gasteiger charge is 2.25. The van der Waals surface area contributed by atoms with Crippen LogP contribution in [0, 0.1) is 0 Å². The summed E-state index contributed by atoms with van der Waals surface area (Å²) in [6.07, 6.45) is 0.260. The van der Waals surface area contributed by atoms with E-state index in [1.54, 1.807) is 53.9 Å². The van der Waals surface area contributed by atoms with E-state index in [9.17, 15) is 14.4 Å². The number of benzene rings is 3. The van der Waals surface area contributed by atoms with Crippen molar-refractivity contribution in [2.45, 2.75) is 19.1 Å². The molecule has 0 radical (unpaired) electrons. The van der Waals surface area contributed by atoms with E-state index in [4.69, 9.17) is 4.74 Å². The lowest BCUT2D eigenvalue weighted by atomic mass is 10.1. The third-order valence-corrected chi connectivity index (χ3v) is 5.94. The van der Waals surface area contributed by atoms with E-state index < -0.39 is 12.0 Å². The molecule has 0 bridgehead atoms. The second-order valence-corrected chi connectivity index (χ2v) is 8.32. The number of hydrogen-bond acceptors (Lipinski definition) is 6. The van der Waals surface area contributed by atoms with Crippen LogP contribution in [0.4, 0.5) is 0 Å². The lowest BCUT2D eigenvalue weighted by molar-refractivity contribution is -0.147. The lowest BCUT2D eigenvalue weighted by Crippen LogP contribution is -2.43. The average molecular weight is 482 g/mol. The molecule has 5 rings (SSSR count). The minimum Gasteiger partial charge on any atom is -0.456 e. The Morgan fingerprint density at radius 2 is 1.58 bits per heavy atom. The van der Waals surface area contributed by atoms with E-state index in [1.807, 2.05) is 42.5 Å². The predicted octanol–water partition coefficient (Wildman–Crippen LogP) is 2.67. The molecule has 1 amide bonds. The van der Waals surface area contributed by atoms with Gasteiger partial charge in [-0.1, -0.05) is 60.7 Å². The second-order valence-electron chi connectivity index (χ2n) is 8.32. The largest absolute Gasteiger partial charge is 0.456 e. The van der Waals surface area contributed by atoms with Gasteiger partial charge in [-0.25, -0.2) is 4.79 Å². The summed E-state index contributed by atoms with van der Waals surface area (Å²) in [5, 5.41) is 11.6. The Kier molecular flexibility index (Phi) is 6.27. The topological polar surface area (TPSA) is 108 Å². The van der Waals surface area contributed by atoms with Gasteiger partial charge in [0.05, 0.1) is 10.9 Å². The number of aromatic nitrogens is 4. The molecular formula is C27H23N5O4. The molecular weight excluding hydrogens is 458 g/mol. The standard InChI is InChI=1S/C27H23N5O4/c1-31-25(34)20-14-8-9-15-22(20)32-23(29-30-27(31)32)17-36-26(35)21(16-18-10-4-2-5-11-18)28-24(33)19-12-6-3-7-13-19/h2-15,21H,16-17H2,1H3,(H,28,33). The summed E-state index contributed by atoms with van der Waals surface area (Å²) in [5.41, 5.74) is 1.74. The number of nitrogens with zero attached hydrogens (tertiary/aromatic N) is 4. The second kappa shape index (κ2) is 9.83. The predicted molar refractivity (Wildman–Crippen MR) is 133 cm³/mol. The number of esters is 1. The Labute approximate surface area is 206 Å². The number of rotatable bonds is 7. The zero-order valence-electron chi connectivity index (χ0n) is 19.5. The number of carbonyl (C=O) groups excluding carboxylic acids is 2. The minimum atomic E-state index is -0.916. The highest BCUT2D eigenvalue weighted by atomic mass is 16.5. The number of carbonyl (C=O) groups is 2. The smallest absolute Gasteiger partial charge is 0.329 e. The first-order valence-electron chi connectivity index (χ1n) is 11.4. The minimum absolute atomic E-state index is 0.186. The van der Waals surface area contributed by atoms with Crippen LogP contribution in [0.25, 0.3) is 16.7 Å². The molecule has 0 aliphatic heterocycles. The normalized spacial score (nSPS) is 11.9. The van der Waals surface area contributed by atoms with E-state index in [-0.39, 0.29) is 24.5 Å². The molecule has 0 saturated heterocycles. The van der Waals surface area contributed by atoms with Crippen molar-refractivity contribution in [3.8, 4) is 0 Å². The zero-order valence-corrected chi connectivity index (χ0v) is 19.5. The highest BCUT2D eigenvalue weighted by molar-refractivity contribution is 5.96. The van der Waals surface area contributed by atoms with E-state index >= 15 is 0 Å². The third kappa shape index (κ3) is 4.46. The van der Waals surface area contributed by atoms with Crippen molar-refractivity contribution in [2.24, 2.45) is 7.05 Å². The molecule has 1 atom stereocenters. The van der Waals surface area contributed by atoms with Gasteiger partial charge in [-0.05, 0) is 29.8 Å². The number of ether oxygens (including phenoxy) is 1. The van der Waals surface area contributed by atoms with Crippen molar-refractivity contribution in [1.29, 1.82) is 0 Å². The van der Waals surface area contributed by atoms with Crippen LogP contribution in [0.1, 0.15) is 21.7 Å². The van der Waals surface area contributed by atoms with Crippen molar-refractivity contribution >= 4 is 28.6 Å². The van der Waals surface area contributed by atoms with Crippen LogP contribution >= 0.6 is 0 Å². The monoisotopic (exact) mass is 481 g/mol. The van der Waals surface area contributed by atoms with Crippen LogP contribution in [-0.4, -0.2) is 37.1 Å². The van der Waals surface area contributed by atoms with Gasteiger partial charge in [0, 0.05) is 19.0 Å². The quantitative estimate of drug-likeness (QED) is 0.358. The molecule has 3 aromatic carbocycles. The van der Waals surface area contributed by atoms with E-state index in [2.05, 4.69) is 15.5 Å². The highest BCUT2D eigenvalue weighted by Crippen LogP contribution is 2.15. The Balaban J connectivity index is 1.41. The molecule has 2 aromatic heterocycles. The summed E-state index contributed by atoms with van der Waals surface area (Å²) in [4.78, 5) is 38.6. The van der Waals surface area contributed by atoms with Crippen molar-refractivity contribution in [3.63, 3.8) is 0 Å². The van der Waals surface area contributed by atoms with Gasteiger partial charge in [0.25, 0.3) is 11.5 Å². The van der Waals surface area contributed by atoms with E-state index in [1.165, 1.54) is 4.57 Å². The molecule has 0 aliphatic carbocycles. The third-order valence-electron chi connectivity index (χ3n) is 5.94. The lowest BCUT2D eigenvalue weighted by Gasteiger charge is -2.18. The molecule has 36 heavy (non-hydrogen) atoms. The maximum absolute atomic E-state index is 13.2. The Bertz CT molecular complexity index is 1610. The van der Waals surface area contributed by atoms with Crippen molar-refractivity contribution < 1.29 is 14.3 Å². The van der Waals surface area contributed by atoms with Crippen molar-refractivity contribution in [1.82, 2.24) is 24.5 Å². The van der Waals surface area contributed by atoms with Crippen LogP contribution in [-0.2, 0) is 29.6 Å². The molecule has 0 spiro atoms. The van der Waals surface area contributed by atoms with Crippen molar-refractivity contribution in [3.05, 3.63) is 112 Å². The SMILES string of the molecule is Cn1c(=O)c2ccccc2n2c(COC(=O)C(Cc3ccccc3)NC(=O)c3ccccc3)nnc12. The van der Waals surface area contributed by atoms with Gasteiger partial charge in [0.1, 0.15) is 6.04 Å². The summed E-state index contributed by atoms with van der Waals surface area (Å²) in [7, 11) is 1.61. The molecule has 0 saturated carbocycles. The molecule has 180 valence electrons. The van der Waals surface area contributed by atoms with Gasteiger partial charge in [0.2, 0.25) is 5.78 Å². The molecule has 2 heterocycles. The Morgan fingerprint density at radius 1 is 0.917 bits per heavy atom. The first-order chi connectivity index (χ1) is 17.5. The number of amides is 1. The van der Waals surface area contributed by atoms with Gasteiger partial charge >= 0.3 is 5.97 Å². The molecule has 1 N–H and O–H groups in total. The Hall–Kier alpha value is -4.79. The molecule has 9 nitrogen and oxygen atoms in total. The first-order valence-corrected chi connectivity index (χ1v) is 11.4.